The van der Waals surface area contributed by atoms with Gasteiger partial charge in [0.2, 0.25) is 0 Å². The van der Waals surface area contributed by atoms with Crippen LogP contribution in [-0.4, -0.2) is 40.9 Å². The Bertz CT molecular complexity index is 597. The lowest BCUT2D eigenvalue weighted by Crippen LogP contribution is -2.37. The van der Waals surface area contributed by atoms with Crippen molar-refractivity contribution in [1.29, 1.82) is 0 Å². The van der Waals surface area contributed by atoms with Crippen LogP contribution in [0.4, 0.5) is 9.18 Å². The van der Waals surface area contributed by atoms with E-state index in [-0.39, 0.29) is 18.0 Å². The molecule has 1 aliphatic heterocycles. The summed E-state index contributed by atoms with van der Waals surface area (Å²) < 4.78 is 18.5. The number of alkyl halides is 1. The minimum absolute atomic E-state index is 0.130. The fraction of sp³-hybridized carbons (Fsp3) is 0.529. The molecule has 1 aliphatic rings. The fourth-order valence-electron chi connectivity index (χ4n) is 2.83. The van der Waals surface area contributed by atoms with Gasteiger partial charge in [-0.2, -0.15) is 0 Å². The third kappa shape index (κ3) is 4.00. The second-order valence-corrected chi connectivity index (χ2v) is 6.80. The summed E-state index contributed by atoms with van der Waals surface area (Å²) in [6.07, 6.45) is -0.154. The van der Waals surface area contributed by atoms with Crippen LogP contribution in [0.2, 0.25) is 0 Å². The first-order valence-electron chi connectivity index (χ1n) is 7.60. The molecule has 1 heterocycles. The first-order chi connectivity index (χ1) is 10.7. The van der Waals surface area contributed by atoms with E-state index in [2.05, 4.69) is 0 Å². The number of nitrogens with zero attached hydrogens (tertiary/aromatic N) is 1. The number of hydrogen-bond acceptors (Lipinski definition) is 3. The Labute approximate surface area is 135 Å². The van der Waals surface area contributed by atoms with Gasteiger partial charge >= 0.3 is 12.1 Å². The molecule has 0 saturated carbocycles. The molecule has 1 aromatic rings. The number of rotatable bonds is 3. The number of halogens is 1. The third-order valence-corrected chi connectivity index (χ3v) is 3.78. The molecular formula is C17H22FNO4. The summed E-state index contributed by atoms with van der Waals surface area (Å²) in [5.74, 6) is -1.37. The average molecular weight is 323 g/mol. The van der Waals surface area contributed by atoms with Crippen LogP contribution < -0.4 is 0 Å². The van der Waals surface area contributed by atoms with Crippen molar-refractivity contribution in [2.24, 2.45) is 5.92 Å². The van der Waals surface area contributed by atoms with E-state index in [0.29, 0.717) is 12.0 Å². The largest absolute Gasteiger partial charge is 0.478 e. The van der Waals surface area contributed by atoms with Crippen molar-refractivity contribution >= 4 is 12.1 Å². The van der Waals surface area contributed by atoms with Gasteiger partial charge in [0.25, 0.3) is 0 Å². The van der Waals surface area contributed by atoms with Crippen LogP contribution in [0.3, 0.4) is 0 Å². The molecule has 0 bridgehead atoms. The third-order valence-electron chi connectivity index (χ3n) is 3.78. The highest BCUT2D eigenvalue weighted by Gasteiger charge is 2.39. The predicted octanol–water partition coefficient (Wildman–Crippen LogP) is 3.65. The smallest absolute Gasteiger partial charge is 0.410 e. The van der Waals surface area contributed by atoms with E-state index in [4.69, 9.17) is 4.74 Å². The number of aromatic carboxylic acids is 1. The highest BCUT2D eigenvalue weighted by atomic mass is 19.1. The Morgan fingerprint density at radius 3 is 2.57 bits per heavy atom. The molecule has 6 heteroatoms. The van der Waals surface area contributed by atoms with Crippen molar-refractivity contribution in [2.45, 2.75) is 38.8 Å². The number of likely N-dealkylation sites (tertiary alicyclic amines) is 1. The van der Waals surface area contributed by atoms with Crippen LogP contribution in [0, 0.1) is 5.92 Å². The topological polar surface area (TPSA) is 66.8 Å². The van der Waals surface area contributed by atoms with Crippen LogP contribution >= 0.6 is 0 Å². The Morgan fingerprint density at radius 1 is 1.35 bits per heavy atom. The zero-order valence-electron chi connectivity index (χ0n) is 13.6. The van der Waals surface area contributed by atoms with Gasteiger partial charge in [0.05, 0.1) is 18.3 Å². The van der Waals surface area contributed by atoms with Crippen molar-refractivity contribution in [1.82, 2.24) is 4.90 Å². The van der Waals surface area contributed by atoms with Crippen LogP contribution in [0.5, 0.6) is 0 Å². The van der Waals surface area contributed by atoms with Gasteiger partial charge in [-0.25, -0.2) is 9.59 Å². The Hall–Kier alpha value is -2.11. The standard InChI is InChI=1S/C17H22FNO4/c1-17(2,3)23-16(22)19-10-11(9-18)8-14(19)12-6-4-5-7-13(12)15(20)21/h4-7,11,14H,8-10H2,1-3H3,(H,20,21). The van der Waals surface area contributed by atoms with E-state index in [9.17, 15) is 19.1 Å². The second kappa shape index (κ2) is 6.56. The Kier molecular flexibility index (Phi) is 4.92. The van der Waals surface area contributed by atoms with Crippen molar-refractivity contribution in [3.8, 4) is 0 Å². The zero-order valence-corrected chi connectivity index (χ0v) is 13.6. The molecule has 0 aromatic heterocycles. The summed E-state index contributed by atoms with van der Waals surface area (Å²) >= 11 is 0. The summed E-state index contributed by atoms with van der Waals surface area (Å²) in [6, 6.07) is 6.03. The highest BCUT2D eigenvalue weighted by molar-refractivity contribution is 5.89. The first kappa shape index (κ1) is 17.2. The summed E-state index contributed by atoms with van der Waals surface area (Å²) in [7, 11) is 0. The van der Waals surface area contributed by atoms with E-state index >= 15 is 0 Å². The zero-order chi connectivity index (χ0) is 17.2. The molecule has 2 atom stereocenters. The molecule has 1 amide bonds. The molecule has 1 fully saturated rings. The van der Waals surface area contributed by atoms with Crippen molar-refractivity contribution < 1.29 is 23.8 Å². The molecule has 0 radical (unpaired) electrons. The van der Waals surface area contributed by atoms with Crippen LogP contribution in [0.1, 0.15) is 49.2 Å². The lowest BCUT2D eigenvalue weighted by Gasteiger charge is -2.29. The molecule has 1 N–H and O–H groups in total. The molecule has 2 rings (SSSR count). The van der Waals surface area contributed by atoms with E-state index in [1.807, 2.05) is 0 Å². The van der Waals surface area contributed by atoms with Crippen LogP contribution in [-0.2, 0) is 4.74 Å². The molecule has 126 valence electrons. The molecule has 23 heavy (non-hydrogen) atoms. The highest BCUT2D eigenvalue weighted by Crippen LogP contribution is 2.38. The van der Waals surface area contributed by atoms with E-state index in [1.54, 1.807) is 39.0 Å². The minimum atomic E-state index is -1.06. The summed E-state index contributed by atoms with van der Waals surface area (Å²) in [6.45, 7) is 4.95. The molecule has 0 aliphatic carbocycles. The SMILES string of the molecule is CC(C)(C)OC(=O)N1CC(CF)CC1c1ccccc1C(=O)O. The number of carbonyl (C=O) groups is 2. The molecule has 0 spiro atoms. The summed E-state index contributed by atoms with van der Waals surface area (Å²) in [4.78, 5) is 25.3. The van der Waals surface area contributed by atoms with Gasteiger partial charge < -0.3 is 14.7 Å². The predicted molar refractivity (Wildman–Crippen MR) is 83.2 cm³/mol. The fourth-order valence-corrected chi connectivity index (χ4v) is 2.83. The van der Waals surface area contributed by atoms with Crippen molar-refractivity contribution in [3.05, 3.63) is 35.4 Å². The van der Waals surface area contributed by atoms with Gasteiger partial charge in [0, 0.05) is 12.5 Å². The maximum Gasteiger partial charge on any atom is 0.410 e. The number of carboxylic acid groups (broad SMARTS) is 1. The summed E-state index contributed by atoms with van der Waals surface area (Å²) in [5.41, 5.74) is -0.0192. The summed E-state index contributed by atoms with van der Waals surface area (Å²) in [5, 5.41) is 9.35. The Balaban J connectivity index is 2.34. The monoisotopic (exact) mass is 323 g/mol. The van der Waals surface area contributed by atoms with E-state index in [1.165, 1.54) is 11.0 Å². The van der Waals surface area contributed by atoms with Gasteiger partial charge in [0.1, 0.15) is 5.60 Å². The number of carboxylic acids is 1. The molecular weight excluding hydrogens is 301 g/mol. The lowest BCUT2D eigenvalue weighted by atomic mass is 9.96. The average Bonchev–Trinajstić information content (AvgIpc) is 2.89. The maximum absolute atomic E-state index is 13.1. The van der Waals surface area contributed by atoms with Gasteiger partial charge in [-0.15, -0.1) is 0 Å². The van der Waals surface area contributed by atoms with Gasteiger partial charge in [-0.05, 0) is 38.8 Å². The van der Waals surface area contributed by atoms with E-state index < -0.39 is 30.4 Å². The number of ether oxygens (including phenoxy) is 1. The van der Waals surface area contributed by atoms with Gasteiger partial charge in [0.15, 0.2) is 0 Å². The van der Waals surface area contributed by atoms with Crippen LogP contribution in [0.15, 0.2) is 24.3 Å². The molecule has 5 nitrogen and oxygen atoms in total. The lowest BCUT2D eigenvalue weighted by molar-refractivity contribution is 0.0216. The molecule has 2 unspecified atom stereocenters. The second-order valence-electron chi connectivity index (χ2n) is 6.80. The number of benzene rings is 1. The number of carbonyl (C=O) groups excluding carboxylic acids is 1. The molecule has 1 saturated heterocycles. The first-order valence-corrected chi connectivity index (χ1v) is 7.60. The number of amides is 1. The Morgan fingerprint density at radius 2 is 2.00 bits per heavy atom. The van der Waals surface area contributed by atoms with Crippen molar-refractivity contribution in [2.75, 3.05) is 13.2 Å². The quantitative estimate of drug-likeness (QED) is 0.922. The van der Waals surface area contributed by atoms with E-state index in [0.717, 1.165) is 0 Å². The number of hydrogen-bond donors (Lipinski definition) is 1. The van der Waals surface area contributed by atoms with Crippen molar-refractivity contribution in [3.63, 3.8) is 0 Å². The normalized spacial score (nSPS) is 21.3. The minimum Gasteiger partial charge on any atom is -0.478 e. The maximum atomic E-state index is 13.1. The van der Waals surface area contributed by atoms with Gasteiger partial charge in [-0.1, -0.05) is 18.2 Å². The molecule has 1 aromatic carbocycles. The van der Waals surface area contributed by atoms with Gasteiger partial charge in [-0.3, -0.25) is 4.39 Å². The van der Waals surface area contributed by atoms with Crippen LogP contribution in [0.25, 0.3) is 0 Å².